The Morgan fingerprint density at radius 3 is 2.43 bits per heavy atom. The molecule has 4 rings (SSSR count). The van der Waals surface area contributed by atoms with E-state index in [0.717, 1.165) is 10.1 Å². The number of para-hydroxylation sites is 1. The minimum absolute atomic E-state index is 0.0362. The molecule has 2 heterocycles. The molecule has 0 aliphatic heterocycles. The van der Waals surface area contributed by atoms with Crippen molar-refractivity contribution in [2.75, 3.05) is 0 Å². The monoisotopic (exact) mass is 373 g/mol. The van der Waals surface area contributed by atoms with Crippen molar-refractivity contribution < 1.29 is 9.59 Å². The Labute approximate surface area is 158 Å². The van der Waals surface area contributed by atoms with E-state index in [0.29, 0.717) is 21.9 Å². The van der Waals surface area contributed by atoms with Gasteiger partial charge in [0.25, 0.3) is 17.4 Å². The molecule has 0 radical (unpaired) electrons. The number of hydrogen-bond acceptors (Lipinski definition) is 5. The molecule has 8 nitrogen and oxygen atoms in total. The van der Waals surface area contributed by atoms with Crippen LogP contribution in [-0.4, -0.2) is 26.6 Å². The van der Waals surface area contributed by atoms with Gasteiger partial charge in [-0.15, -0.1) is 0 Å². The molecular weight excluding hydrogens is 358 g/mol. The Bertz CT molecular complexity index is 1290. The van der Waals surface area contributed by atoms with E-state index in [1.165, 1.54) is 7.05 Å². The molecule has 2 aromatic carbocycles. The lowest BCUT2D eigenvalue weighted by molar-refractivity contribution is 0.0844. The maximum absolute atomic E-state index is 12.6. The number of nitrogens with one attached hydrogen (secondary N) is 2. The summed E-state index contributed by atoms with van der Waals surface area (Å²) in [6, 6.07) is 15.5. The number of pyridine rings is 1. The number of aryl methyl sites for hydroxylation is 1. The fourth-order valence-corrected chi connectivity index (χ4v) is 2.99. The molecule has 0 bridgehead atoms. The van der Waals surface area contributed by atoms with Gasteiger partial charge in [-0.2, -0.15) is 5.10 Å². The SMILES string of the molecule is Cn1nc(C(=O)NNC(=O)c2cccc3cccnc23)c2ccccc2c1=O. The second-order valence-corrected chi connectivity index (χ2v) is 6.11. The molecule has 2 aromatic heterocycles. The summed E-state index contributed by atoms with van der Waals surface area (Å²) in [6.07, 6.45) is 1.60. The molecule has 138 valence electrons. The zero-order valence-corrected chi connectivity index (χ0v) is 14.8. The molecule has 0 saturated heterocycles. The van der Waals surface area contributed by atoms with Crippen molar-refractivity contribution in [2.45, 2.75) is 0 Å². The van der Waals surface area contributed by atoms with Crippen LogP contribution in [0.1, 0.15) is 20.8 Å². The van der Waals surface area contributed by atoms with Crippen LogP contribution < -0.4 is 16.4 Å². The lowest BCUT2D eigenvalue weighted by atomic mass is 10.1. The summed E-state index contributed by atoms with van der Waals surface area (Å²) in [7, 11) is 1.46. The Hall–Kier alpha value is -4.07. The molecule has 4 aromatic rings. The second kappa shape index (κ2) is 6.92. The molecule has 0 unspecified atom stereocenters. The maximum atomic E-state index is 12.6. The van der Waals surface area contributed by atoms with Crippen molar-refractivity contribution >= 4 is 33.5 Å². The van der Waals surface area contributed by atoms with Crippen molar-refractivity contribution in [1.29, 1.82) is 0 Å². The summed E-state index contributed by atoms with van der Waals surface area (Å²) >= 11 is 0. The number of fused-ring (bicyclic) bond motifs is 2. The van der Waals surface area contributed by atoms with Crippen LogP contribution in [0, 0.1) is 0 Å². The van der Waals surface area contributed by atoms with Gasteiger partial charge in [0, 0.05) is 24.0 Å². The number of hydrazine groups is 1. The van der Waals surface area contributed by atoms with Gasteiger partial charge in [0.2, 0.25) is 0 Å². The summed E-state index contributed by atoms with van der Waals surface area (Å²) in [4.78, 5) is 41.5. The third-order valence-corrected chi connectivity index (χ3v) is 4.34. The first kappa shape index (κ1) is 17.3. The molecule has 8 heteroatoms. The van der Waals surface area contributed by atoms with E-state index in [1.54, 1.807) is 48.7 Å². The van der Waals surface area contributed by atoms with Crippen LogP contribution in [0.5, 0.6) is 0 Å². The van der Waals surface area contributed by atoms with Gasteiger partial charge in [0.15, 0.2) is 5.69 Å². The predicted molar refractivity (Wildman–Crippen MR) is 104 cm³/mol. The quantitative estimate of drug-likeness (QED) is 0.519. The van der Waals surface area contributed by atoms with Gasteiger partial charge in [-0.3, -0.25) is 30.2 Å². The Morgan fingerprint density at radius 1 is 0.893 bits per heavy atom. The summed E-state index contributed by atoms with van der Waals surface area (Å²) in [5.41, 5.74) is 5.33. The van der Waals surface area contributed by atoms with Crippen LogP contribution in [0.2, 0.25) is 0 Å². The van der Waals surface area contributed by atoms with Gasteiger partial charge in [-0.1, -0.05) is 36.4 Å². The lowest BCUT2D eigenvalue weighted by Crippen LogP contribution is -2.42. The molecule has 0 saturated carbocycles. The van der Waals surface area contributed by atoms with Gasteiger partial charge in [0.1, 0.15) is 0 Å². The van der Waals surface area contributed by atoms with Gasteiger partial charge in [-0.05, 0) is 18.2 Å². The van der Waals surface area contributed by atoms with Crippen molar-refractivity contribution in [3.05, 3.63) is 82.4 Å². The number of carbonyl (C=O) groups excluding carboxylic acids is 2. The van der Waals surface area contributed by atoms with E-state index in [9.17, 15) is 14.4 Å². The highest BCUT2D eigenvalue weighted by Gasteiger charge is 2.17. The fraction of sp³-hybridized carbons (Fsp3) is 0.0500. The molecule has 0 spiro atoms. The average Bonchev–Trinajstić information content (AvgIpc) is 2.74. The van der Waals surface area contributed by atoms with Crippen LogP contribution in [0.15, 0.2) is 65.6 Å². The van der Waals surface area contributed by atoms with E-state index in [4.69, 9.17) is 0 Å². The van der Waals surface area contributed by atoms with Crippen molar-refractivity contribution in [3.63, 3.8) is 0 Å². The van der Waals surface area contributed by atoms with Gasteiger partial charge >= 0.3 is 0 Å². The summed E-state index contributed by atoms with van der Waals surface area (Å²) in [6.45, 7) is 0. The number of rotatable bonds is 2. The Balaban J connectivity index is 1.62. The number of aromatic nitrogens is 3. The number of benzene rings is 2. The third-order valence-electron chi connectivity index (χ3n) is 4.34. The van der Waals surface area contributed by atoms with Crippen molar-refractivity contribution in [3.8, 4) is 0 Å². The minimum Gasteiger partial charge on any atom is -0.267 e. The van der Waals surface area contributed by atoms with E-state index >= 15 is 0 Å². The molecular formula is C20H15N5O3. The standard InChI is InChI=1S/C20H15N5O3/c1-25-20(28)14-9-3-2-8-13(14)17(24-25)19(27)23-22-18(26)15-10-4-6-12-7-5-11-21-16(12)15/h2-11H,1H3,(H,22,26)(H,23,27). The topological polar surface area (TPSA) is 106 Å². The average molecular weight is 373 g/mol. The number of hydrogen-bond donors (Lipinski definition) is 2. The van der Waals surface area contributed by atoms with Gasteiger partial charge in [0.05, 0.1) is 16.5 Å². The second-order valence-electron chi connectivity index (χ2n) is 6.11. The van der Waals surface area contributed by atoms with E-state index in [-0.39, 0.29) is 11.3 Å². The summed E-state index contributed by atoms with van der Waals surface area (Å²) in [5.74, 6) is -1.14. The fourth-order valence-electron chi connectivity index (χ4n) is 2.99. The number of carbonyl (C=O) groups is 2. The lowest BCUT2D eigenvalue weighted by Gasteiger charge is -2.10. The first-order valence-corrected chi connectivity index (χ1v) is 8.47. The van der Waals surface area contributed by atoms with E-state index < -0.39 is 11.8 Å². The zero-order valence-electron chi connectivity index (χ0n) is 14.8. The first-order valence-electron chi connectivity index (χ1n) is 8.47. The van der Waals surface area contributed by atoms with Crippen LogP contribution >= 0.6 is 0 Å². The predicted octanol–water partition coefficient (Wildman–Crippen LogP) is 1.56. The van der Waals surface area contributed by atoms with Crippen LogP contribution in [0.25, 0.3) is 21.7 Å². The highest BCUT2D eigenvalue weighted by molar-refractivity contribution is 6.08. The number of nitrogens with zero attached hydrogens (tertiary/aromatic N) is 3. The zero-order chi connectivity index (χ0) is 19.7. The molecule has 0 aliphatic carbocycles. The highest BCUT2D eigenvalue weighted by Crippen LogP contribution is 2.16. The van der Waals surface area contributed by atoms with Crippen molar-refractivity contribution in [2.24, 2.45) is 7.05 Å². The molecule has 2 amide bonds. The van der Waals surface area contributed by atoms with E-state index in [1.807, 2.05) is 12.1 Å². The maximum Gasteiger partial charge on any atom is 0.290 e. The van der Waals surface area contributed by atoms with E-state index in [2.05, 4.69) is 20.9 Å². The largest absolute Gasteiger partial charge is 0.290 e. The summed E-state index contributed by atoms with van der Waals surface area (Å²) < 4.78 is 1.09. The Kier molecular flexibility index (Phi) is 4.29. The van der Waals surface area contributed by atoms with Crippen LogP contribution in [-0.2, 0) is 7.05 Å². The summed E-state index contributed by atoms with van der Waals surface area (Å²) in [5, 5.41) is 5.62. The van der Waals surface area contributed by atoms with Crippen molar-refractivity contribution in [1.82, 2.24) is 25.6 Å². The minimum atomic E-state index is -0.631. The smallest absolute Gasteiger partial charge is 0.267 e. The third kappa shape index (κ3) is 2.96. The molecule has 28 heavy (non-hydrogen) atoms. The van der Waals surface area contributed by atoms with Gasteiger partial charge in [-0.25, -0.2) is 4.68 Å². The van der Waals surface area contributed by atoms with Crippen LogP contribution in [0.4, 0.5) is 0 Å². The molecule has 2 N–H and O–H groups in total. The molecule has 0 aliphatic rings. The normalized spacial score (nSPS) is 10.8. The number of amides is 2. The highest BCUT2D eigenvalue weighted by atomic mass is 16.2. The molecule has 0 fully saturated rings. The Morgan fingerprint density at radius 2 is 1.61 bits per heavy atom. The first-order chi connectivity index (χ1) is 13.6. The van der Waals surface area contributed by atoms with Gasteiger partial charge < -0.3 is 0 Å². The van der Waals surface area contributed by atoms with Crippen LogP contribution in [0.3, 0.4) is 0 Å². The molecule has 0 atom stereocenters.